The molecule has 3 aromatic rings. The molecule has 3 aromatic carbocycles. The molecule has 0 aromatic heterocycles. The third-order valence-corrected chi connectivity index (χ3v) is 13.1. The number of ether oxygens (including phenoxy) is 1. The Morgan fingerprint density at radius 1 is 0.842 bits per heavy atom. The van der Waals surface area contributed by atoms with Crippen LogP contribution in [0.1, 0.15) is 105 Å². The number of likely N-dealkylation sites (tertiary alicyclic amines) is 2. The zero-order valence-corrected chi connectivity index (χ0v) is 32.9. The third kappa shape index (κ3) is 7.88. The zero-order valence-electron chi connectivity index (χ0n) is 32.2. The molecular formula is C44H47ClN6O6. The van der Waals surface area contributed by atoms with Crippen molar-refractivity contribution < 1.29 is 28.7 Å². The molecule has 0 aliphatic carbocycles. The molecule has 4 saturated heterocycles. The Morgan fingerprint density at radius 2 is 1.54 bits per heavy atom. The molecule has 12 nitrogen and oxygen atoms in total. The highest BCUT2D eigenvalue weighted by Crippen LogP contribution is 2.35. The third-order valence-electron chi connectivity index (χ3n) is 12.6. The van der Waals surface area contributed by atoms with Crippen LogP contribution in [-0.2, 0) is 9.59 Å². The van der Waals surface area contributed by atoms with Crippen molar-refractivity contribution in [2.75, 3.05) is 50.7 Å². The van der Waals surface area contributed by atoms with Gasteiger partial charge >= 0.3 is 0 Å². The number of fused-ring (bicyclic) bond motifs is 1. The minimum absolute atomic E-state index is 0.0154. The van der Waals surface area contributed by atoms with Gasteiger partial charge in [-0.1, -0.05) is 23.7 Å². The number of nitrogens with zero attached hydrogens (tertiary/aromatic N) is 5. The molecule has 296 valence electrons. The van der Waals surface area contributed by atoms with Crippen LogP contribution in [0.5, 0.6) is 5.75 Å². The van der Waals surface area contributed by atoms with Gasteiger partial charge in [0.1, 0.15) is 24.0 Å². The average Bonchev–Trinajstić information content (AvgIpc) is 3.48. The molecule has 1 unspecified atom stereocenters. The van der Waals surface area contributed by atoms with Gasteiger partial charge in [-0.25, -0.2) is 0 Å². The molecule has 5 amide bonds. The van der Waals surface area contributed by atoms with Crippen molar-refractivity contribution in [3.63, 3.8) is 0 Å². The van der Waals surface area contributed by atoms with E-state index in [1.807, 2.05) is 30.0 Å². The number of anilines is 1. The molecule has 57 heavy (non-hydrogen) atoms. The summed E-state index contributed by atoms with van der Waals surface area (Å²) in [6, 6.07) is 18.2. The van der Waals surface area contributed by atoms with Crippen LogP contribution in [0.15, 0.2) is 54.6 Å². The van der Waals surface area contributed by atoms with Gasteiger partial charge in [0.25, 0.3) is 17.7 Å². The predicted molar refractivity (Wildman–Crippen MR) is 213 cm³/mol. The van der Waals surface area contributed by atoms with Gasteiger partial charge in [-0.15, -0.1) is 0 Å². The summed E-state index contributed by atoms with van der Waals surface area (Å²) in [6.45, 7) is 7.98. The van der Waals surface area contributed by atoms with Gasteiger partial charge in [0.2, 0.25) is 11.8 Å². The van der Waals surface area contributed by atoms with Gasteiger partial charge in [-0.2, -0.15) is 5.26 Å². The summed E-state index contributed by atoms with van der Waals surface area (Å²) in [6.07, 6.45) is 5.93. The normalized spacial score (nSPS) is 21.4. The van der Waals surface area contributed by atoms with Crippen LogP contribution in [0.2, 0.25) is 5.02 Å². The van der Waals surface area contributed by atoms with E-state index in [-0.39, 0.29) is 30.8 Å². The van der Waals surface area contributed by atoms with Gasteiger partial charge in [0.05, 0.1) is 21.7 Å². The van der Waals surface area contributed by atoms with Gasteiger partial charge in [0.15, 0.2) is 0 Å². The fourth-order valence-corrected chi connectivity index (χ4v) is 9.36. The highest BCUT2D eigenvalue weighted by Gasteiger charge is 2.45. The van der Waals surface area contributed by atoms with E-state index in [0.29, 0.717) is 58.0 Å². The van der Waals surface area contributed by atoms with Gasteiger partial charge in [0, 0.05) is 68.8 Å². The first kappa shape index (κ1) is 38.6. The molecule has 5 aliphatic rings. The van der Waals surface area contributed by atoms with Crippen LogP contribution in [0.25, 0.3) is 0 Å². The number of nitrogens with one attached hydrogen (secondary N) is 1. The molecule has 0 radical (unpaired) electrons. The summed E-state index contributed by atoms with van der Waals surface area (Å²) < 4.78 is 6.22. The van der Waals surface area contributed by atoms with E-state index in [9.17, 15) is 29.2 Å². The number of piperidine rings is 4. The smallest absolute Gasteiger partial charge is 0.262 e. The van der Waals surface area contributed by atoms with Crippen molar-refractivity contribution in [1.82, 2.24) is 20.0 Å². The Hall–Kier alpha value is -5.25. The highest BCUT2D eigenvalue weighted by molar-refractivity contribution is 6.32. The molecule has 5 aliphatic heterocycles. The van der Waals surface area contributed by atoms with E-state index in [1.165, 1.54) is 5.56 Å². The van der Waals surface area contributed by atoms with Crippen LogP contribution >= 0.6 is 11.6 Å². The van der Waals surface area contributed by atoms with Crippen molar-refractivity contribution in [2.45, 2.75) is 76.4 Å². The molecule has 4 fully saturated rings. The van der Waals surface area contributed by atoms with Crippen molar-refractivity contribution in [3.8, 4) is 11.8 Å². The number of benzene rings is 3. The number of halogens is 1. The van der Waals surface area contributed by atoms with Crippen LogP contribution in [-0.4, -0.2) is 102 Å². The maximum Gasteiger partial charge on any atom is 0.262 e. The number of carbonyl (C=O) groups is 5. The van der Waals surface area contributed by atoms with E-state index in [1.54, 1.807) is 24.3 Å². The number of hydrogen-bond donors (Lipinski definition) is 1. The average molecular weight is 791 g/mol. The first-order valence-electron chi connectivity index (χ1n) is 20.2. The quantitative estimate of drug-likeness (QED) is 0.285. The largest absolute Gasteiger partial charge is 0.490 e. The molecule has 5 heterocycles. The molecule has 0 spiro atoms. The molecule has 1 N–H and O–H groups in total. The number of carbonyl (C=O) groups excluding carboxylic acids is 5. The summed E-state index contributed by atoms with van der Waals surface area (Å²) in [5, 5.41) is 11.9. The van der Waals surface area contributed by atoms with E-state index in [4.69, 9.17) is 16.3 Å². The Morgan fingerprint density at radius 3 is 2.23 bits per heavy atom. The van der Waals surface area contributed by atoms with E-state index < -0.39 is 23.8 Å². The van der Waals surface area contributed by atoms with E-state index in [0.717, 1.165) is 87.4 Å². The topological polar surface area (TPSA) is 143 Å². The maximum atomic E-state index is 13.4. The Balaban J connectivity index is 0.769. The second-order valence-electron chi connectivity index (χ2n) is 16.1. The van der Waals surface area contributed by atoms with Crippen molar-refractivity contribution in [1.29, 1.82) is 5.26 Å². The maximum absolute atomic E-state index is 13.4. The van der Waals surface area contributed by atoms with Gasteiger partial charge in [-0.3, -0.25) is 34.2 Å². The molecular weight excluding hydrogens is 744 g/mol. The molecule has 0 bridgehead atoms. The lowest BCUT2D eigenvalue weighted by Gasteiger charge is -2.38. The molecule has 0 saturated carbocycles. The SMILES string of the molecule is Cc1c(OC2CCN(C(=O)c3ccc(C4CCN(CC5CCN(c6ccc7c(c6)C(=O)N(C6CCC(=O)NC6=O)C7=O)CC5)CC4)cc3)CC2)ccc(C#N)c1Cl. The zero-order chi connectivity index (χ0) is 39.8. The Labute approximate surface area is 337 Å². The number of hydrogen-bond acceptors (Lipinski definition) is 9. The Bertz CT molecular complexity index is 2130. The molecule has 13 heteroatoms. The highest BCUT2D eigenvalue weighted by atomic mass is 35.5. The van der Waals surface area contributed by atoms with Crippen LogP contribution in [0.3, 0.4) is 0 Å². The minimum atomic E-state index is -0.966. The van der Waals surface area contributed by atoms with Crippen LogP contribution < -0.4 is 15.0 Å². The van der Waals surface area contributed by atoms with Gasteiger partial charge < -0.3 is 19.4 Å². The van der Waals surface area contributed by atoms with Crippen molar-refractivity contribution in [3.05, 3.63) is 93.0 Å². The monoisotopic (exact) mass is 790 g/mol. The van der Waals surface area contributed by atoms with E-state index >= 15 is 0 Å². The predicted octanol–water partition coefficient (Wildman–Crippen LogP) is 5.70. The van der Waals surface area contributed by atoms with Crippen molar-refractivity contribution >= 4 is 46.8 Å². The number of imide groups is 2. The van der Waals surface area contributed by atoms with Crippen molar-refractivity contribution in [2.24, 2.45) is 5.92 Å². The van der Waals surface area contributed by atoms with Gasteiger partial charge in [-0.05, 0) is 112 Å². The first-order chi connectivity index (χ1) is 27.6. The minimum Gasteiger partial charge on any atom is -0.490 e. The molecule has 1 atom stereocenters. The number of rotatable bonds is 8. The van der Waals surface area contributed by atoms with Crippen LogP contribution in [0.4, 0.5) is 5.69 Å². The second kappa shape index (κ2) is 16.3. The Kier molecular flexibility index (Phi) is 11.1. The lowest BCUT2D eigenvalue weighted by Crippen LogP contribution is -2.54. The first-order valence-corrected chi connectivity index (χ1v) is 20.5. The number of nitriles is 1. The summed E-state index contributed by atoms with van der Waals surface area (Å²) in [7, 11) is 0. The molecule has 8 rings (SSSR count). The lowest BCUT2D eigenvalue weighted by atomic mass is 9.88. The van der Waals surface area contributed by atoms with Crippen LogP contribution in [0, 0.1) is 24.2 Å². The second-order valence-corrected chi connectivity index (χ2v) is 16.5. The summed E-state index contributed by atoms with van der Waals surface area (Å²) in [5.41, 5.74) is 4.73. The fourth-order valence-electron chi connectivity index (χ4n) is 9.16. The lowest BCUT2D eigenvalue weighted by molar-refractivity contribution is -0.136. The summed E-state index contributed by atoms with van der Waals surface area (Å²) >= 11 is 6.33. The fraction of sp³-hybridized carbons (Fsp3) is 0.455. The summed E-state index contributed by atoms with van der Waals surface area (Å²) in [4.78, 5) is 71.7. The summed E-state index contributed by atoms with van der Waals surface area (Å²) in [5.74, 6) is -0.159. The number of amides is 5. The standard InChI is InChI=1S/C44H47ClN6O6/c1-27-38(10-6-32(25-46)40(27)45)57-34-16-22-50(23-17-34)42(54)31-4-2-29(3-5-31)30-14-18-48(19-15-30)26-28-12-20-49(21-13-28)33-7-8-35-36(24-33)44(56)51(43(35)55)37-9-11-39(52)47-41(37)53/h2-8,10,24,28,30,34,37H,9,11-23,26H2,1H3,(H,47,52,53). The van der Waals surface area contributed by atoms with E-state index in [2.05, 4.69) is 33.3 Å².